The third-order valence-electron chi connectivity index (χ3n) is 4.80. The van der Waals surface area contributed by atoms with Crippen molar-refractivity contribution in [3.8, 4) is 5.69 Å². The SMILES string of the molecule is O=C(Nc1ccccc1)[C@@H]1CCCN1Cc1ccc(-n2cccn2)cc1. The number of carbonyl (C=O) groups is 1. The molecule has 0 radical (unpaired) electrons. The van der Waals surface area contributed by atoms with Gasteiger partial charge in [0.1, 0.15) is 0 Å². The number of hydrogen-bond donors (Lipinski definition) is 1. The third kappa shape index (κ3) is 3.68. The minimum Gasteiger partial charge on any atom is -0.325 e. The van der Waals surface area contributed by atoms with Crippen molar-refractivity contribution < 1.29 is 4.79 Å². The number of aromatic nitrogens is 2. The van der Waals surface area contributed by atoms with E-state index in [1.165, 1.54) is 5.56 Å². The molecule has 1 atom stereocenters. The number of carbonyl (C=O) groups excluding carboxylic acids is 1. The van der Waals surface area contributed by atoms with Crippen LogP contribution in [0.5, 0.6) is 0 Å². The van der Waals surface area contributed by atoms with Crippen molar-refractivity contribution in [2.45, 2.75) is 25.4 Å². The van der Waals surface area contributed by atoms with Gasteiger partial charge in [0.15, 0.2) is 0 Å². The number of nitrogens with zero attached hydrogens (tertiary/aromatic N) is 3. The van der Waals surface area contributed by atoms with Crippen molar-refractivity contribution in [1.82, 2.24) is 14.7 Å². The summed E-state index contributed by atoms with van der Waals surface area (Å²) in [5.41, 5.74) is 3.10. The zero-order valence-electron chi connectivity index (χ0n) is 14.6. The van der Waals surface area contributed by atoms with Gasteiger partial charge in [-0.2, -0.15) is 5.10 Å². The molecule has 5 nitrogen and oxygen atoms in total. The lowest BCUT2D eigenvalue weighted by Gasteiger charge is -2.23. The van der Waals surface area contributed by atoms with E-state index in [1.807, 2.05) is 47.3 Å². The Balaban J connectivity index is 1.41. The molecule has 5 heteroatoms. The zero-order valence-corrected chi connectivity index (χ0v) is 14.6. The van der Waals surface area contributed by atoms with Gasteiger partial charge >= 0.3 is 0 Å². The summed E-state index contributed by atoms with van der Waals surface area (Å²) in [6, 6.07) is 19.9. The first-order chi connectivity index (χ1) is 12.8. The molecule has 3 aromatic rings. The molecule has 0 bridgehead atoms. The second-order valence-corrected chi connectivity index (χ2v) is 6.60. The van der Waals surface area contributed by atoms with Gasteiger partial charge in [-0.25, -0.2) is 4.68 Å². The van der Waals surface area contributed by atoms with Crippen molar-refractivity contribution in [2.24, 2.45) is 0 Å². The minimum absolute atomic E-state index is 0.0685. The number of amides is 1. The summed E-state index contributed by atoms with van der Waals surface area (Å²) in [5.74, 6) is 0.0851. The minimum atomic E-state index is -0.0685. The lowest BCUT2D eigenvalue weighted by Crippen LogP contribution is -2.39. The molecule has 1 amide bonds. The molecule has 0 unspecified atom stereocenters. The number of anilines is 1. The van der Waals surface area contributed by atoms with Crippen LogP contribution in [-0.2, 0) is 11.3 Å². The summed E-state index contributed by atoms with van der Waals surface area (Å²) in [6.45, 7) is 1.74. The van der Waals surface area contributed by atoms with E-state index in [4.69, 9.17) is 0 Å². The van der Waals surface area contributed by atoms with E-state index >= 15 is 0 Å². The van der Waals surface area contributed by atoms with Crippen LogP contribution in [0.4, 0.5) is 5.69 Å². The highest BCUT2D eigenvalue weighted by molar-refractivity contribution is 5.94. The fourth-order valence-electron chi connectivity index (χ4n) is 3.47. The molecule has 2 heterocycles. The topological polar surface area (TPSA) is 50.2 Å². The molecular formula is C21H22N4O. The Hall–Kier alpha value is -2.92. The van der Waals surface area contributed by atoms with Gasteiger partial charge in [-0.05, 0) is 55.3 Å². The van der Waals surface area contributed by atoms with E-state index < -0.39 is 0 Å². The highest BCUT2D eigenvalue weighted by Crippen LogP contribution is 2.22. The van der Waals surface area contributed by atoms with Gasteiger partial charge in [0.25, 0.3) is 0 Å². The third-order valence-corrected chi connectivity index (χ3v) is 4.80. The highest BCUT2D eigenvalue weighted by Gasteiger charge is 2.30. The van der Waals surface area contributed by atoms with Crippen LogP contribution in [0.3, 0.4) is 0 Å². The molecule has 4 rings (SSSR count). The van der Waals surface area contributed by atoms with Gasteiger partial charge < -0.3 is 5.32 Å². The van der Waals surface area contributed by atoms with Gasteiger partial charge in [0, 0.05) is 24.6 Å². The molecule has 0 aliphatic carbocycles. The summed E-state index contributed by atoms with van der Waals surface area (Å²) in [5, 5.41) is 7.28. The number of rotatable bonds is 5. The molecule has 1 aliphatic heterocycles. The van der Waals surface area contributed by atoms with Crippen molar-refractivity contribution in [1.29, 1.82) is 0 Å². The predicted octanol–water partition coefficient (Wildman–Crippen LogP) is 3.48. The van der Waals surface area contributed by atoms with Crippen LogP contribution < -0.4 is 5.32 Å². The smallest absolute Gasteiger partial charge is 0.241 e. The fraction of sp³-hybridized carbons (Fsp3) is 0.238. The lowest BCUT2D eigenvalue weighted by molar-refractivity contribution is -0.120. The van der Waals surface area contributed by atoms with Crippen LogP contribution >= 0.6 is 0 Å². The van der Waals surface area contributed by atoms with Crippen molar-refractivity contribution >= 4 is 11.6 Å². The van der Waals surface area contributed by atoms with E-state index in [-0.39, 0.29) is 11.9 Å². The van der Waals surface area contributed by atoms with Crippen molar-refractivity contribution in [2.75, 3.05) is 11.9 Å². The van der Waals surface area contributed by atoms with Crippen LogP contribution in [0, 0.1) is 0 Å². The maximum Gasteiger partial charge on any atom is 0.241 e. The lowest BCUT2D eigenvalue weighted by atomic mass is 10.1. The van der Waals surface area contributed by atoms with E-state index in [9.17, 15) is 4.79 Å². The standard InChI is InChI=1S/C21H22N4O/c26-21(23-18-6-2-1-3-7-18)20-8-4-14-24(20)16-17-9-11-19(12-10-17)25-15-5-13-22-25/h1-3,5-7,9-13,15,20H,4,8,14,16H2,(H,23,26)/t20-/m0/s1. The summed E-state index contributed by atoms with van der Waals surface area (Å²) < 4.78 is 1.84. The maximum atomic E-state index is 12.7. The van der Waals surface area contributed by atoms with Crippen LogP contribution in [-0.4, -0.2) is 33.2 Å². The number of hydrogen-bond acceptors (Lipinski definition) is 3. The van der Waals surface area contributed by atoms with E-state index in [2.05, 4.69) is 39.6 Å². The Morgan fingerprint density at radius 1 is 1.08 bits per heavy atom. The largest absolute Gasteiger partial charge is 0.325 e. The monoisotopic (exact) mass is 346 g/mol. The zero-order chi connectivity index (χ0) is 17.8. The van der Waals surface area contributed by atoms with Crippen molar-refractivity contribution in [3.63, 3.8) is 0 Å². The van der Waals surface area contributed by atoms with Crippen molar-refractivity contribution in [3.05, 3.63) is 78.6 Å². The Morgan fingerprint density at radius 2 is 1.88 bits per heavy atom. The predicted molar refractivity (Wildman–Crippen MR) is 102 cm³/mol. The first kappa shape index (κ1) is 16.5. The number of nitrogens with one attached hydrogen (secondary N) is 1. The summed E-state index contributed by atoms with van der Waals surface area (Å²) in [7, 11) is 0. The normalized spacial score (nSPS) is 17.3. The van der Waals surface area contributed by atoms with E-state index in [0.717, 1.165) is 37.3 Å². The average molecular weight is 346 g/mol. The Morgan fingerprint density at radius 3 is 2.62 bits per heavy atom. The van der Waals surface area contributed by atoms with E-state index in [0.29, 0.717) is 0 Å². The molecule has 1 aliphatic rings. The number of benzene rings is 2. The Bertz CT molecular complexity index is 843. The van der Waals surface area contributed by atoms with Gasteiger partial charge in [0.05, 0.1) is 11.7 Å². The molecule has 0 saturated carbocycles. The van der Waals surface area contributed by atoms with Crippen LogP contribution in [0.25, 0.3) is 5.69 Å². The summed E-state index contributed by atoms with van der Waals surface area (Å²) in [4.78, 5) is 14.9. The van der Waals surface area contributed by atoms with Gasteiger partial charge in [-0.1, -0.05) is 30.3 Å². The molecule has 0 spiro atoms. The molecule has 1 saturated heterocycles. The number of para-hydroxylation sites is 1. The van der Waals surface area contributed by atoms with Gasteiger partial charge in [-0.3, -0.25) is 9.69 Å². The molecule has 2 aromatic carbocycles. The first-order valence-corrected chi connectivity index (χ1v) is 8.98. The quantitative estimate of drug-likeness (QED) is 0.769. The van der Waals surface area contributed by atoms with Gasteiger partial charge in [-0.15, -0.1) is 0 Å². The molecular weight excluding hydrogens is 324 g/mol. The number of likely N-dealkylation sites (tertiary alicyclic amines) is 1. The molecule has 1 aromatic heterocycles. The Labute approximate surface area is 153 Å². The Kier molecular flexibility index (Phi) is 4.80. The average Bonchev–Trinajstić information content (AvgIpc) is 3.35. The van der Waals surface area contributed by atoms with E-state index in [1.54, 1.807) is 6.20 Å². The van der Waals surface area contributed by atoms with Crippen LogP contribution in [0.1, 0.15) is 18.4 Å². The second-order valence-electron chi connectivity index (χ2n) is 6.60. The first-order valence-electron chi connectivity index (χ1n) is 8.98. The molecule has 1 fully saturated rings. The maximum absolute atomic E-state index is 12.7. The summed E-state index contributed by atoms with van der Waals surface area (Å²) in [6.07, 6.45) is 5.66. The fourth-order valence-corrected chi connectivity index (χ4v) is 3.47. The molecule has 26 heavy (non-hydrogen) atoms. The molecule has 1 N–H and O–H groups in total. The van der Waals surface area contributed by atoms with Gasteiger partial charge in [0.2, 0.25) is 5.91 Å². The van der Waals surface area contributed by atoms with Crippen LogP contribution in [0.15, 0.2) is 73.1 Å². The molecule has 132 valence electrons. The van der Waals surface area contributed by atoms with Crippen LogP contribution in [0.2, 0.25) is 0 Å². The summed E-state index contributed by atoms with van der Waals surface area (Å²) >= 11 is 0. The highest BCUT2D eigenvalue weighted by atomic mass is 16.2. The second kappa shape index (κ2) is 7.54.